The highest BCUT2D eigenvalue weighted by Crippen LogP contribution is 2.18. The molecule has 2 aliphatic heterocycles. The number of fused-ring (bicyclic) bond motifs is 1. The van der Waals surface area contributed by atoms with E-state index in [1.165, 1.54) is 0 Å². The van der Waals surface area contributed by atoms with E-state index in [0.717, 1.165) is 69.3 Å². The van der Waals surface area contributed by atoms with Crippen LogP contribution in [0.25, 0.3) is 5.65 Å². The molecule has 5 rings (SSSR count). The molecule has 0 N–H and O–H groups in total. The number of hydrogen-bond acceptors (Lipinski definition) is 5. The van der Waals surface area contributed by atoms with Crippen LogP contribution in [0.4, 0.5) is 0 Å². The topological polar surface area (TPSA) is 59.3 Å². The predicted octanol–water partition coefficient (Wildman–Crippen LogP) is 2.85. The second kappa shape index (κ2) is 9.08. The lowest BCUT2D eigenvalue weighted by Crippen LogP contribution is -2.48. The smallest absolute Gasteiger partial charge is 0.253 e. The van der Waals surface area contributed by atoms with E-state index in [-0.39, 0.29) is 12.0 Å². The number of amides is 1. The van der Waals surface area contributed by atoms with Crippen LogP contribution in [-0.4, -0.2) is 70.6 Å². The second-order valence-corrected chi connectivity index (χ2v) is 8.24. The van der Waals surface area contributed by atoms with Gasteiger partial charge in [-0.25, -0.2) is 4.98 Å². The molecule has 0 aliphatic carbocycles. The third-order valence-corrected chi connectivity index (χ3v) is 6.02. The van der Waals surface area contributed by atoms with Gasteiger partial charge in [-0.05, 0) is 49.2 Å². The quantitative estimate of drug-likeness (QED) is 0.614. The largest absolute Gasteiger partial charge is 0.491 e. The van der Waals surface area contributed by atoms with Crippen LogP contribution < -0.4 is 4.74 Å². The highest BCUT2D eigenvalue weighted by molar-refractivity contribution is 5.94. The van der Waals surface area contributed by atoms with E-state index in [2.05, 4.69) is 16.1 Å². The molecule has 2 fully saturated rings. The summed E-state index contributed by atoms with van der Waals surface area (Å²) in [6, 6.07) is 13.5. The van der Waals surface area contributed by atoms with Gasteiger partial charge in [0, 0.05) is 57.3 Å². The zero-order valence-electron chi connectivity index (χ0n) is 17.7. The lowest BCUT2D eigenvalue weighted by Gasteiger charge is -2.34. The molecule has 1 atom stereocenters. The van der Waals surface area contributed by atoms with E-state index in [0.29, 0.717) is 12.2 Å². The van der Waals surface area contributed by atoms with Crippen molar-refractivity contribution in [3.8, 4) is 5.75 Å². The summed E-state index contributed by atoms with van der Waals surface area (Å²) in [4.78, 5) is 21.9. The van der Waals surface area contributed by atoms with Gasteiger partial charge in [-0.3, -0.25) is 9.69 Å². The van der Waals surface area contributed by atoms with Gasteiger partial charge in [0.15, 0.2) is 0 Å². The van der Waals surface area contributed by atoms with Gasteiger partial charge in [0.05, 0.1) is 11.8 Å². The summed E-state index contributed by atoms with van der Waals surface area (Å²) in [6.45, 7) is 5.35. The first kappa shape index (κ1) is 20.0. The highest BCUT2D eigenvalue weighted by Gasteiger charge is 2.23. The van der Waals surface area contributed by atoms with Crippen molar-refractivity contribution in [2.45, 2.75) is 25.5 Å². The Bertz CT molecular complexity index is 986. The SMILES string of the molecule is O=C(c1ccc(OCC2CCCO2)cc1)N1CCN(Cc2cn3ccccc3n2)CC1. The number of hydrogen-bond donors (Lipinski definition) is 0. The number of carbonyl (C=O) groups is 1. The van der Waals surface area contributed by atoms with Crippen LogP contribution in [0.15, 0.2) is 54.9 Å². The van der Waals surface area contributed by atoms with Crippen LogP contribution in [0.5, 0.6) is 5.75 Å². The molecule has 3 aromatic rings. The van der Waals surface area contributed by atoms with Gasteiger partial charge in [-0.15, -0.1) is 0 Å². The molecule has 1 aromatic carbocycles. The Morgan fingerprint density at radius 3 is 2.68 bits per heavy atom. The van der Waals surface area contributed by atoms with Crippen LogP contribution in [0.1, 0.15) is 28.9 Å². The normalized spacial score (nSPS) is 19.7. The minimum absolute atomic E-state index is 0.0815. The molecule has 2 aromatic heterocycles. The molecule has 2 aliphatic rings. The maximum Gasteiger partial charge on any atom is 0.253 e. The number of benzene rings is 1. The highest BCUT2D eigenvalue weighted by atomic mass is 16.5. The Balaban J connectivity index is 1.11. The maximum absolute atomic E-state index is 12.9. The zero-order chi connectivity index (χ0) is 21.0. The van der Waals surface area contributed by atoms with Gasteiger partial charge in [0.1, 0.15) is 18.0 Å². The first-order valence-corrected chi connectivity index (χ1v) is 11.0. The molecular formula is C24H28N4O3. The van der Waals surface area contributed by atoms with Crippen LogP contribution in [0.2, 0.25) is 0 Å². The molecule has 0 radical (unpaired) electrons. The fourth-order valence-electron chi connectivity index (χ4n) is 4.24. The van der Waals surface area contributed by atoms with Crippen LogP contribution >= 0.6 is 0 Å². The minimum atomic E-state index is 0.0815. The Labute approximate surface area is 182 Å². The number of aromatic nitrogens is 2. The third-order valence-electron chi connectivity index (χ3n) is 6.02. The van der Waals surface area contributed by atoms with Crippen LogP contribution in [0, 0.1) is 0 Å². The minimum Gasteiger partial charge on any atom is -0.491 e. The number of pyridine rings is 1. The third kappa shape index (κ3) is 4.73. The van der Waals surface area contributed by atoms with Gasteiger partial charge < -0.3 is 18.8 Å². The molecule has 1 unspecified atom stereocenters. The second-order valence-electron chi connectivity index (χ2n) is 8.24. The van der Waals surface area contributed by atoms with Gasteiger partial charge in [0.2, 0.25) is 0 Å². The standard InChI is InChI=1S/C24H28N4O3/c29-24(19-6-8-21(9-7-19)31-18-22-4-3-15-30-22)27-13-11-26(12-14-27)16-20-17-28-10-2-1-5-23(28)25-20/h1-2,5-10,17,22H,3-4,11-16,18H2. The summed E-state index contributed by atoms with van der Waals surface area (Å²) in [6.07, 6.45) is 6.45. The molecule has 0 bridgehead atoms. The van der Waals surface area contributed by atoms with Crippen molar-refractivity contribution >= 4 is 11.6 Å². The van der Waals surface area contributed by atoms with E-state index in [1.54, 1.807) is 0 Å². The van der Waals surface area contributed by atoms with Crippen molar-refractivity contribution in [2.75, 3.05) is 39.4 Å². The number of imidazole rings is 1. The molecule has 2 saturated heterocycles. The summed E-state index contributed by atoms with van der Waals surface area (Å²) in [5, 5.41) is 0. The Hall–Kier alpha value is -2.90. The lowest BCUT2D eigenvalue weighted by atomic mass is 10.1. The molecule has 7 nitrogen and oxygen atoms in total. The first-order chi connectivity index (χ1) is 15.2. The van der Waals surface area contributed by atoms with E-state index >= 15 is 0 Å². The monoisotopic (exact) mass is 420 g/mol. The van der Waals surface area contributed by atoms with Gasteiger partial charge in [-0.1, -0.05) is 6.07 Å². The Kier molecular flexibility index (Phi) is 5.86. The van der Waals surface area contributed by atoms with Gasteiger partial charge in [0.25, 0.3) is 5.91 Å². The summed E-state index contributed by atoms with van der Waals surface area (Å²) >= 11 is 0. The number of ether oxygens (including phenoxy) is 2. The molecule has 4 heterocycles. The number of rotatable bonds is 6. The van der Waals surface area contributed by atoms with Crippen molar-refractivity contribution < 1.29 is 14.3 Å². The summed E-state index contributed by atoms with van der Waals surface area (Å²) in [7, 11) is 0. The first-order valence-electron chi connectivity index (χ1n) is 11.0. The van der Waals surface area contributed by atoms with Crippen molar-refractivity contribution in [2.24, 2.45) is 0 Å². The molecular weight excluding hydrogens is 392 g/mol. The van der Waals surface area contributed by atoms with Crippen LogP contribution in [0.3, 0.4) is 0 Å². The summed E-state index contributed by atoms with van der Waals surface area (Å²) < 4.78 is 13.4. The molecule has 1 amide bonds. The van der Waals surface area contributed by atoms with Crippen molar-refractivity contribution in [1.82, 2.24) is 19.2 Å². The van der Waals surface area contributed by atoms with E-state index in [9.17, 15) is 4.79 Å². The zero-order valence-corrected chi connectivity index (χ0v) is 17.7. The average molecular weight is 421 g/mol. The fraction of sp³-hybridized carbons (Fsp3) is 0.417. The summed E-state index contributed by atoms with van der Waals surface area (Å²) in [5.74, 6) is 0.863. The van der Waals surface area contributed by atoms with E-state index in [1.807, 2.05) is 58.0 Å². The lowest BCUT2D eigenvalue weighted by molar-refractivity contribution is 0.0626. The van der Waals surface area contributed by atoms with Gasteiger partial charge in [-0.2, -0.15) is 0 Å². The van der Waals surface area contributed by atoms with E-state index in [4.69, 9.17) is 9.47 Å². The molecule has 7 heteroatoms. The Morgan fingerprint density at radius 1 is 1.10 bits per heavy atom. The molecule has 0 saturated carbocycles. The molecule has 162 valence electrons. The Morgan fingerprint density at radius 2 is 1.94 bits per heavy atom. The number of nitrogens with zero attached hydrogens (tertiary/aromatic N) is 4. The molecule has 0 spiro atoms. The fourth-order valence-corrected chi connectivity index (χ4v) is 4.24. The maximum atomic E-state index is 12.9. The van der Waals surface area contributed by atoms with Crippen molar-refractivity contribution in [3.05, 3.63) is 66.1 Å². The van der Waals surface area contributed by atoms with Crippen molar-refractivity contribution in [3.63, 3.8) is 0 Å². The predicted molar refractivity (Wildman–Crippen MR) is 117 cm³/mol. The van der Waals surface area contributed by atoms with E-state index < -0.39 is 0 Å². The number of carbonyl (C=O) groups excluding carboxylic acids is 1. The average Bonchev–Trinajstić information content (AvgIpc) is 3.47. The number of piperazine rings is 1. The van der Waals surface area contributed by atoms with Crippen molar-refractivity contribution in [1.29, 1.82) is 0 Å². The molecule has 31 heavy (non-hydrogen) atoms. The van der Waals surface area contributed by atoms with Gasteiger partial charge >= 0.3 is 0 Å². The summed E-state index contributed by atoms with van der Waals surface area (Å²) in [5.41, 5.74) is 2.73. The van der Waals surface area contributed by atoms with Crippen LogP contribution in [-0.2, 0) is 11.3 Å².